The number of hydrogen-bond acceptors (Lipinski definition) is 4. The van der Waals surface area contributed by atoms with Crippen LogP contribution in [0.1, 0.15) is 24.8 Å². The molecule has 1 atom stereocenters. The largest absolute Gasteiger partial charge is 0.497 e. The quantitative estimate of drug-likeness (QED) is 0.837. The van der Waals surface area contributed by atoms with Gasteiger partial charge in [0.15, 0.2) is 5.17 Å². The molecule has 2 aliphatic rings. The van der Waals surface area contributed by atoms with Crippen LogP contribution >= 0.6 is 24.2 Å². The Kier molecular flexibility index (Phi) is 6.80. The van der Waals surface area contributed by atoms with Gasteiger partial charge in [0.25, 0.3) is 0 Å². The molecule has 1 amide bonds. The molecule has 1 unspecified atom stereocenters. The summed E-state index contributed by atoms with van der Waals surface area (Å²) in [6, 6.07) is 8.53. The lowest BCUT2D eigenvalue weighted by atomic mass is 10.2. The summed E-state index contributed by atoms with van der Waals surface area (Å²) < 4.78 is 5.13. The number of hydrogen-bond donors (Lipinski definition) is 1. The van der Waals surface area contributed by atoms with Gasteiger partial charge in [-0.1, -0.05) is 23.9 Å². The van der Waals surface area contributed by atoms with Crippen LogP contribution in [-0.2, 0) is 11.3 Å². The molecule has 1 heterocycles. The molecular weight excluding hydrogens is 346 g/mol. The number of amidine groups is 1. The van der Waals surface area contributed by atoms with E-state index >= 15 is 0 Å². The molecule has 0 aromatic heterocycles. The SMILES string of the molecule is COc1ccc(CNC(=O)CC2CSC(=NC3CC3)N2C)cc1.Cl. The number of thioether (sulfide) groups is 1. The minimum atomic E-state index is 0. The van der Waals surface area contributed by atoms with E-state index < -0.39 is 0 Å². The Bertz CT molecular complexity index is 590. The number of carbonyl (C=O) groups is 1. The number of amides is 1. The first kappa shape index (κ1) is 18.9. The second-order valence-electron chi connectivity index (χ2n) is 6.05. The zero-order valence-corrected chi connectivity index (χ0v) is 15.7. The third kappa shape index (κ3) is 5.05. The van der Waals surface area contributed by atoms with Gasteiger partial charge in [-0.05, 0) is 30.5 Å². The molecule has 2 fully saturated rings. The Morgan fingerprint density at radius 1 is 1.38 bits per heavy atom. The van der Waals surface area contributed by atoms with E-state index in [1.807, 2.05) is 31.3 Å². The highest BCUT2D eigenvalue weighted by molar-refractivity contribution is 8.14. The van der Waals surface area contributed by atoms with E-state index in [1.54, 1.807) is 18.9 Å². The van der Waals surface area contributed by atoms with Crippen molar-refractivity contribution in [1.29, 1.82) is 0 Å². The lowest BCUT2D eigenvalue weighted by Crippen LogP contribution is -2.35. The summed E-state index contributed by atoms with van der Waals surface area (Å²) in [6.45, 7) is 0.551. The highest BCUT2D eigenvalue weighted by atomic mass is 35.5. The Hall–Kier alpha value is -1.40. The van der Waals surface area contributed by atoms with Gasteiger partial charge in [-0.25, -0.2) is 0 Å². The van der Waals surface area contributed by atoms with Crippen molar-refractivity contribution in [3.05, 3.63) is 29.8 Å². The highest BCUT2D eigenvalue weighted by Crippen LogP contribution is 2.30. The van der Waals surface area contributed by atoms with E-state index in [0.717, 1.165) is 22.2 Å². The molecule has 1 saturated carbocycles. The monoisotopic (exact) mass is 369 g/mol. The Morgan fingerprint density at radius 3 is 2.71 bits per heavy atom. The van der Waals surface area contributed by atoms with E-state index in [2.05, 4.69) is 10.2 Å². The minimum Gasteiger partial charge on any atom is -0.497 e. The summed E-state index contributed by atoms with van der Waals surface area (Å²) >= 11 is 1.77. The molecule has 132 valence electrons. The zero-order chi connectivity index (χ0) is 16.2. The number of carbonyl (C=O) groups excluding carboxylic acids is 1. The Labute approximate surface area is 153 Å². The van der Waals surface area contributed by atoms with Crippen LogP contribution in [0.5, 0.6) is 5.75 Å². The van der Waals surface area contributed by atoms with E-state index in [1.165, 1.54) is 12.8 Å². The fraction of sp³-hybridized carbons (Fsp3) is 0.529. The molecule has 5 nitrogen and oxygen atoms in total. The number of nitrogens with zero attached hydrogens (tertiary/aromatic N) is 2. The summed E-state index contributed by atoms with van der Waals surface area (Å²) in [5.74, 6) is 1.86. The smallest absolute Gasteiger partial charge is 0.222 e. The number of aliphatic imine (C=N–C) groups is 1. The molecule has 0 bridgehead atoms. The molecule has 1 saturated heterocycles. The summed E-state index contributed by atoms with van der Waals surface area (Å²) in [5, 5.41) is 4.09. The Morgan fingerprint density at radius 2 is 2.08 bits per heavy atom. The van der Waals surface area contributed by atoms with Gasteiger partial charge < -0.3 is 15.0 Å². The van der Waals surface area contributed by atoms with Gasteiger partial charge in [0.1, 0.15) is 5.75 Å². The molecule has 1 N–H and O–H groups in total. The maximum Gasteiger partial charge on any atom is 0.222 e. The summed E-state index contributed by atoms with van der Waals surface area (Å²) in [5.41, 5.74) is 1.07. The average molecular weight is 370 g/mol. The predicted octanol–water partition coefficient (Wildman–Crippen LogP) is 2.69. The summed E-state index contributed by atoms with van der Waals surface area (Å²) in [6.07, 6.45) is 2.94. The maximum atomic E-state index is 12.2. The fourth-order valence-electron chi connectivity index (χ4n) is 2.45. The van der Waals surface area contributed by atoms with Crippen molar-refractivity contribution >= 4 is 35.2 Å². The molecule has 1 aliphatic heterocycles. The summed E-state index contributed by atoms with van der Waals surface area (Å²) in [7, 11) is 3.69. The van der Waals surface area contributed by atoms with Gasteiger partial charge in [0.2, 0.25) is 5.91 Å². The molecule has 7 heteroatoms. The molecule has 0 radical (unpaired) electrons. The topological polar surface area (TPSA) is 53.9 Å². The van der Waals surface area contributed by atoms with Gasteiger partial charge in [-0.3, -0.25) is 9.79 Å². The Balaban J connectivity index is 0.00000208. The second-order valence-corrected chi connectivity index (χ2v) is 7.03. The number of benzene rings is 1. The van der Waals surface area contributed by atoms with E-state index in [4.69, 9.17) is 9.73 Å². The lowest BCUT2D eigenvalue weighted by molar-refractivity contribution is -0.121. The van der Waals surface area contributed by atoms with Gasteiger partial charge in [-0.2, -0.15) is 0 Å². The van der Waals surface area contributed by atoms with Gasteiger partial charge >= 0.3 is 0 Å². The number of ether oxygens (including phenoxy) is 1. The zero-order valence-electron chi connectivity index (χ0n) is 14.0. The van der Waals surface area contributed by atoms with Crippen molar-refractivity contribution in [3.63, 3.8) is 0 Å². The first-order chi connectivity index (χ1) is 11.2. The third-order valence-electron chi connectivity index (χ3n) is 4.16. The third-order valence-corrected chi connectivity index (χ3v) is 5.37. The van der Waals surface area contributed by atoms with Crippen molar-refractivity contribution in [1.82, 2.24) is 10.2 Å². The number of rotatable bonds is 6. The average Bonchev–Trinajstić information content (AvgIpc) is 3.33. The summed E-state index contributed by atoms with van der Waals surface area (Å²) in [4.78, 5) is 19.0. The van der Waals surface area contributed by atoms with E-state index in [0.29, 0.717) is 19.0 Å². The standard InChI is InChI=1S/C17H23N3O2S.ClH/c1-20-14(11-23-17(20)19-13-5-6-13)9-16(21)18-10-12-3-7-15(22-2)8-4-12;/h3-4,7-8,13-14H,5-6,9-11H2,1-2H3,(H,18,21);1H. The second kappa shape index (κ2) is 8.62. The predicted molar refractivity (Wildman–Crippen MR) is 101 cm³/mol. The molecule has 24 heavy (non-hydrogen) atoms. The van der Waals surface area contributed by atoms with Crippen LogP contribution in [0.2, 0.25) is 0 Å². The van der Waals surface area contributed by atoms with Crippen molar-refractivity contribution in [2.45, 2.75) is 37.9 Å². The van der Waals surface area contributed by atoms with Crippen LogP contribution < -0.4 is 10.1 Å². The van der Waals surface area contributed by atoms with Crippen molar-refractivity contribution in [2.24, 2.45) is 4.99 Å². The van der Waals surface area contributed by atoms with Crippen LogP contribution in [0.4, 0.5) is 0 Å². The molecular formula is C17H24ClN3O2S. The minimum absolute atomic E-state index is 0. The van der Waals surface area contributed by atoms with Crippen molar-refractivity contribution < 1.29 is 9.53 Å². The van der Waals surface area contributed by atoms with Gasteiger partial charge in [0, 0.05) is 31.8 Å². The highest BCUT2D eigenvalue weighted by Gasteiger charge is 2.31. The van der Waals surface area contributed by atoms with Crippen LogP contribution in [0.25, 0.3) is 0 Å². The van der Waals surface area contributed by atoms with E-state index in [-0.39, 0.29) is 24.4 Å². The van der Waals surface area contributed by atoms with E-state index in [9.17, 15) is 4.79 Å². The van der Waals surface area contributed by atoms with Crippen LogP contribution in [0, 0.1) is 0 Å². The fourth-order valence-corrected chi connectivity index (χ4v) is 3.71. The number of nitrogens with one attached hydrogen (secondary N) is 1. The number of halogens is 1. The molecule has 1 aromatic rings. The number of methoxy groups -OCH3 is 1. The first-order valence-electron chi connectivity index (χ1n) is 7.99. The van der Waals surface area contributed by atoms with Crippen molar-refractivity contribution in [3.8, 4) is 5.75 Å². The molecule has 3 rings (SSSR count). The first-order valence-corrected chi connectivity index (χ1v) is 8.97. The molecule has 0 spiro atoms. The van der Waals surface area contributed by atoms with Crippen LogP contribution in [0.15, 0.2) is 29.3 Å². The normalized spacial score (nSPS) is 21.5. The molecule has 1 aromatic carbocycles. The van der Waals surface area contributed by atoms with Gasteiger partial charge in [0.05, 0.1) is 13.2 Å². The lowest BCUT2D eigenvalue weighted by Gasteiger charge is -2.20. The maximum absolute atomic E-state index is 12.2. The molecule has 1 aliphatic carbocycles. The van der Waals surface area contributed by atoms with Crippen LogP contribution in [-0.4, -0.2) is 48.0 Å². The van der Waals surface area contributed by atoms with Crippen molar-refractivity contribution in [2.75, 3.05) is 19.9 Å². The van der Waals surface area contributed by atoms with Crippen LogP contribution in [0.3, 0.4) is 0 Å². The van der Waals surface area contributed by atoms with Gasteiger partial charge in [-0.15, -0.1) is 12.4 Å².